The maximum atomic E-state index is 10.4. The van der Waals surface area contributed by atoms with Crippen molar-refractivity contribution in [2.45, 2.75) is 20.8 Å². The molecule has 0 aliphatic carbocycles. The van der Waals surface area contributed by atoms with Gasteiger partial charge >= 0.3 is 0 Å². The Morgan fingerprint density at radius 2 is 1.47 bits per heavy atom. The summed E-state index contributed by atoms with van der Waals surface area (Å²) < 4.78 is 10.7. The molecule has 0 heterocycles. The van der Waals surface area contributed by atoms with Gasteiger partial charge in [0.2, 0.25) is 0 Å². The van der Waals surface area contributed by atoms with Crippen molar-refractivity contribution in [1.29, 1.82) is 0 Å². The van der Waals surface area contributed by atoms with Gasteiger partial charge in [0.05, 0.1) is 0 Å². The smallest absolute Gasteiger partial charge is 0.298 e. The van der Waals surface area contributed by atoms with Gasteiger partial charge in [0, 0.05) is 6.07 Å². The predicted molar refractivity (Wildman–Crippen MR) is 73.9 cm³/mol. The minimum absolute atomic E-state index is 0.419. The first-order valence-electron chi connectivity index (χ1n) is 6.06. The van der Waals surface area contributed by atoms with Crippen LogP contribution in [0.5, 0.6) is 17.2 Å². The molecule has 0 bridgehead atoms. The topological polar surface area (TPSA) is 35.5 Å². The van der Waals surface area contributed by atoms with E-state index in [-0.39, 0.29) is 0 Å². The highest BCUT2D eigenvalue weighted by Gasteiger charge is 2.04. The first-order valence-corrected chi connectivity index (χ1v) is 6.06. The largest absolute Gasteiger partial charge is 0.457 e. The van der Waals surface area contributed by atoms with E-state index in [4.69, 9.17) is 9.47 Å². The molecule has 0 radical (unpaired) electrons. The summed E-state index contributed by atoms with van der Waals surface area (Å²) in [6, 6.07) is 11.3. The Hall–Kier alpha value is -2.29. The summed E-state index contributed by atoms with van der Waals surface area (Å²) in [5.41, 5.74) is 3.29. The summed E-state index contributed by atoms with van der Waals surface area (Å²) >= 11 is 0. The van der Waals surface area contributed by atoms with Crippen LogP contribution >= 0.6 is 0 Å². The molecule has 2 aromatic carbocycles. The van der Waals surface area contributed by atoms with Crippen LogP contribution < -0.4 is 9.47 Å². The molecular weight excluding hydrogens is 240 g/mol. The molecule has 0 fully saturated rings. The van der Waals surface area contributed by atoms with Crippen LogP contribution in [-0.4, -0.2) is 6.47 Å². The maximum absolute atomic E-state index is 10.4. The van der Waals surface area contributed by atoms with E-state index in [0.717, 1.165) is 11.3 Å². The minimum atomic E-state index is 0.419. The second-order valence-corrected chi connectivity index (χ2v) is 4.49. The normalized spacial score (nSPS) is 10.1. The van der Waals surface area contributed by atoms with Gasteiger partial charge in [-0.05, 0) is 55.7 Å². The Balaban J connectivity index is 2.25. The molecule has 0 aliphatic heterocycles. The maximum Gasteiger partial charge on any atom is 0.298 e. The van der Waals surface area contributed by atoms with Gasteiger partial charge in [0.25, 0.3) is 6.47 Å². The van der Waals surface area contributed by atoms with E-state index in [2.05, 4.69) is 6.92 Å². The highest BCUT2D eigenvalue weighted by Crippen LogP contribution is 2.28. The molecule has 0 N–H and O–H groups in total. The third-order valence-electron chi connectivity index (χ3n) is 3.05. The molecule has 0 unspecified atom stereocenters. The van der Waals surface area contributed by atoms with Crippen LogP contribution in [0.25, 0.3) is 0 Å². The number of aryl methyl sites for hydroxylation is 3. The lowest BCUT2D eigenvalue weighted by Gasteiger charge is -2.10. The van der Waals surface area contributed by atoms with Crippen molar-refractivity contribution in [1.82, 2.24) is 0 Å². The van der Waals surface area contributed by atoms with Crippen molar-refractivity contribution >= 4 is 6.47 Å². The second kappa shape index (κ2) is 5.57. The van der Waals surface area contributed by atoms with Crippen LogP contribution in [0.1, 0.15) is 16.7 Å². The van der Waals surface area contributed by atoms with E-state index in [1.807, 2.05) is 44.2 Å². The fraction of sp³-hybridized carbons (Fsp3) is 0.188. The van der Waals surface area contributed by atoms with Crippen LogP contribution in [0.2, 0.25) is 0 Å². The molecular formula is C16H16O3. The number of carbonyl (C=O) groups excluding carboxylic acids is 1. The number of benzene rings is 2. The Labute approximate surface area is 112 Å². The van der Waals surface area contributed by atoms with Crippen LogP contribution in [0.4, 0.5) is 0 Å². The Bertz CT molecular complexity index is 603. The van der Waals surface area contributed by atoms with Crippen molar-refractivity contribution in [2.75, 3.05) is 0 Å². The SMILES string of the molecule is Cc1ccc(Oc2ccc(C)c(OC=O)c2)cc1C. The molecule has 0 saturated heterocycles. The van der Waals surface area contributed by atoms with E-state index < -0.39 is 0 Å². The van der Waals surface area contributed by atoms with Gasteiger partial charge in [0.15, 0.2) is 0 Å². The third kappa shape index (κ3) is 3.13. The van der Waals surface area contributed by atoms with Gasteiger partial charge in [-0.2, -0.15) is 0 Å². The standard InChI is InChI=1S/C16H16O3/c1-11-4-6-14(8-13(11)3)19-15-7-5-12(2)16(9-15)18-10-17/h4-10H,1-3H3. The lowest BCUT2D eigenvalue weighted by Crippen LogP contribution is -1.93. The van der Waals surface area contributed by atoms with Gasteiger partial charge in [-0.15, -0.1) is 0 Å². The van der Waals surface area contributed by atoms with Crippen molar-refractivity contribution in [3.05, 3.63) is 53.1 Å². The zero-order chi connectivity index (χ0) is 13.8. The summed E-state index contributed by atoms with van der Waals surface area (Å²) in [6.07, 6.45) is 0. The first kappa shape index (κ1) is 13.1. The number of rotatable bonds is 4. The number of carbonyl (C=O) groups is 1. The van der Waals surface area contributed by atoms with Crippen molar-refractivity contribution in [2.24, 2.45) is 0 Å². The monoisotopic (exact) mass is 256 g/mol. The summed E-state index contributed by atoms with van der Waals surface area (Å²) in [6.45, 7) is 6.39. The summed E-state index contributed by atoms with van der Waals surface area (Å²) in [7, 11) is 0. The fourth-order valence-corrected chi connectivity index (χ4v) is 1.74. The molecule has 0 aromatic heterocycles. The van der Waals surface area contributed by atoms with Gasteiger partial charge in [0.1, 0.15) is 17.2 Å². The quantitative estimate of drug-likeness (QED) is 0.777. The van der Waals surface area contributed by atoms with Gasteiger partial charge in [-0.25, -0.2) is 0 Å². The Kier molecular flexibility index (Phi) is 3.85. The van der Waals surface area contributed by atoms with E-state index >= 15 is 0 Å². The molecule has 2 aromatic rings. The summed E-state index contributed by atoms with van der Waals surface area (Å²) in [5, 5.41) is 0. The third-order valence-corrected chi connectivity index (χ3v) is 3.05. The van der Waals surface area contributed by atoms with Crippen LogP contribution in [-0.2, 0) is 4.79 Å². The molecule has 3 heteroatoms. The Morgan fingerprint density at radius 1 is 0.842 bits per heavy atom. The number of hydrogen-bond acceptors (Lipinski definition) is 3. The van der Waals surface area contributed by atoms with Crippen molar-refractivity contribution in [3.63, 3.8) is 0 Å². The van der Waals surface area contributed by atoms with Crippen LogP contribution in [0.15, 0.2) is 36.4 Å². The van der Waals surface area contributed by atoms with Gasteiger partial charge in [-0.3, -0.25) is 4.79 Å². The molecule has 0 saturated carbocycles. The highest BCUT2D eigenvalue weighted by atomic mass is 16.5. The average molecular weight is 256 g/mol. The van der Waals surface area contributed by atoms with Gasteiger partial charge < -0.3 is 9.47 Å². The first-order chi connectivity index (χ1) is 9.10. The molecule has 3 nitrogen and oxygen atoms in total. The Morgan fingerprint density at radius 3 is 2.11 bits per heavy atom. The fourth-order valence-electron chi connectivity index (χ4n) is 1.74. The summed E-state index contributed by atoms with van der Waals surface area (Å²) in [4.78, 5) is 10.4. The minimum Gasteiger partial charge on any atom is -0.457 e. The zero-order valence-electron chi connectivity index (χ0n) is 11.3. The molecule has 0 aliphatic rings. The lowest BCUT2D eigenvalue weighted by atomic mass is 10.1. The molecule has 0 atom stereocenters. The average Bonchev–Trinajstić information content (AvgIpc) is 2.38. The van der Waals surface area contributed by atoms with E-state index in [9.17, 15) is 4.79 Å². The lowest BCUT2D eigenvalue weighted by molar-refractivity contribution is -0.120. The molecule has 0 spiro atoms. The molecule has 0 amide bonds. The van der Waals surface area contributed by atoms with E-state index in [1.165, 1.54) is 11.1 Å². The molecule has 2 rings (SSSR count). The summed E-state index contributed by atoms with van der Waals surface area (Å²) in [5.74, 6) is 1.92. The van der Waals surface area contributed by atoms with E-state index in [1.54, 1.807) is 6.07 Å². The number of hydrogen-bond donors (Lipinski definition) is 0. The predicted octanol–water partition coefficient (Wildman–Crippen LogP) is 3.94. The molecule has 98 valence electrons. The molecule has 19 heavy (non-hydrogen) atoms. The van der Waals surface area contributed by atoms with Crippen molar-refractivity contribution < 1.29 is 14.3 Å². The highest BCUT2D eigenvalue weighted by molar-refractivity contribution is 5.50. The number of ether oxygens (including phenoxy) is 2. The van der Waals surface area contributed by atoms with Crippen LogP contribution in [0.3, 0.4) is 0 Å². The van der Waals surface area contributed by atoms with Gasteiger partial charge in [-0.1, -0.05) is 12.1 Å². The second-order valence-electron chi connectivity index (χ2n) is 4.49. The van der Waals surface area contributed by atoms with Crippen LogP contribution in [0, 0.1) is 20.8 Å². The van der Waals surface area contributed by atoms with E-state index in [0.29, 0.717) is 18.0 Å². The zero-order valence-corrected chi connectivity index (χ0v) is 11.3. The van der Waals surface area contributed by atoms with Crippen molar-refractivity contribution in [3.8, 4) is 17.2 Å².